The van der Waals surface area contributed by atoms with E-state index in [1.807, 2.05) is 60.7 Å². The minimum atomic E-state index is -0.388. The molecule has 2 aromatic carbocycles. The topological polar surface area (TPSA) is 130 Å². The van der Waals surface area contributed by atoms with Crippen molar-refractivity contribution in [1.82, 2.24) is 20.3 Å². The van der Waals surface area contributed by atoms with Gasteiger partial charge in [0, 0.05) is 30.4 Å². The van der Waals surface area contributed by atoms with Gasteiger partial charge in [-0.15, -0.1) is 0 Å². The maximum atomic E-state index is 11.9. The van der Waals surface area contributed by atoms with Crippen molar-refractivity contribution in [2.75, 3.05) is 13.2 Å². The van der Waals surface area contributed by atoms with E-state index in [1.54, 1.807) is 0 Å². The Morgan fingerprint density at radius 2 is 1.09 bits per heavy atom. The van der Waals surface area contributed by atoms with Crippen LogP contribution in [0.3, 0.4) is 0 Å². The summed E-state index contributed by atoms with van der Waals surface area (Å²) in [5, 5.41) is 7.83. The van der Waals surface area contributed by atoms with Crippen LogP contribution in [0.15, 0.2) is 69.7 Å². The summed E-state index contributed by atoms with van der Waals surface area (Å²) in [6.45, 7) is 0.296. The lowest BCUT2D eigenvalue weighted by Gasteiger charge is -2.05. The van der Waals surface area contributed by atoms with Crippen LogP contribution < -0.4 is 0 Å². The molecule has 2 heterocycles. The molecule has 0 aliphatic carbocycles. The fourth-order valence-corrected chi connectivity index (χ4v) is 3.12. The summed E-state index contributed by atoms with van der Waals surface area (Å²) < 4.78 is 20.7. The van der Waals surface area contributed by atoms with Crippen molar-refractivity contribution >= 4 is 11.9 Å². The molecule has 0 radical (unpaired) electrons. The minimum Gasteiger partial charge on any atom is -0.466 e. The predicted molar refractivity (Wildman–Crippen MR) is 123 cm³/mol. The Hall–Kier alpha value is -4.34. The van der Waals surface area contributed by atoms with Gasteiger partial charge in [0.2, 0.25) is 23.4 Å². The van der Waals surface area contributed by atoms with Crippen LogP contribution >= 0.6 is 0 Å². The number of esters is 2. The lowest BCUT2D eigenvalue weighted by molar-refractivity contribution is -0.146. The van der Waals surface area contributed by atoms with Crippen LogP contribution in [-0.4, -0.2) is 45.4 Å². The van der Waals surface area contributed by atoms with Crippen molar-refractivity contribution in [3.8, 4) is 22.8 Å². The molecule has 0 amide bonds. The Labute approximate surface area is 201 Å². The zero-order chi connectivity index (χ0) is 24.3. The number of nitrogens with zero attached hydrogens (tertiary/aromatic N) is 4. The van der Waals surface area contributed by atoms with Gasteiger partial charge in [-0.25, -0.2) is 0 Å². The lowest BCUT2D eigenvalue weighted by atomic mass is 10.2. The van der Waals surface area contributed by atoms with Crippen molar-refractivity contribution in [2.45, 2.75) is 32.1 Å². The quantitative estimate of drug-likeness (QED) is 0.220. The zero-order valence-corrected chi connectivity index (χ0v) is 19.0. The Balaban J connectivity index is 1.06. The van der Waals surface area contributed by atoms with Crippen molar-refractivity contribution < 1.29 is 28.1 Å². The van der Waals surface area contributed by atoms with Gasteiger partial charge in [0.05, 0.1) is 26.1 Å². The molecule has 0 aliphatic heterocycles. The smallest absolute Gasteiger partial charge is 0.306 e. The van der Waals surface area contributed by atoms with E-state index in [0.717, 1.165) is 11.1 Å². The maximum Gasteiger partial charge on any atom is 0.306 e. The molecule has 0 saturated heterocycles. The van der Waals surface area contributed by atoms with E-state index in [1.165, 1.54) is 0 Å². The summed E-state index contributed by atoms with van der Waals surface area (Å²) in [6, 6.07) is 18.9. The summed E-state index contributed by atoms with van der Waals surface area (Å²) >= 11 is 0. The van der Waals surface area contributed by atoms with Crippen molar-refractivity contribution in [2.24, 2.45) is 0 Å². The number of aromatic nitrogens is 4. The fourth-order valence-electron chi connectivity index (χ4n) is 3.12. The average molecular weight is 476 g/mol. The third kappa shape index (κ3) is 7.32. The maximum absolute atomic E-state index is 11.9. The van der Waals surface area contributed by atoms with Gasteiger partial charge in [-0.1, -0.05) is 71.0 Å². The van der Waals surface area contributed by atoms with E-state index in [2.05, 4.69) is 20.3 Å². The second kappa shape index (κ2) is 12.2. The molecule has 0 N–H and O–H groups in total. The first kappa shape index (κ1) is 23.8. The van der Waals surface area contributed by atoms with E-state index in [-0.39, 0.29) is 50.8 Å². The number of hydrogen-bond acceptors (Lipinski definition) is 10. The first-order valence-electron chi connectivity index (χ1n) is 11.2. The third-order valence-corrected chi connectivity index (χ3v) is 4.90. The fraction of sp³-hybridized carbons (Fsp3) is 0.280. The number of carbonyl (C=O) groups is 2. The molecular formula is C25H24N4O6. The van der Waals surface area contributed by atoms with Crippen molar-refractivity contribution in [1.29, 1.82) is 0 Å². The first-order valence-corrected chi connectivity index (χ1v) is 11.2. The highest BCUT2D eigenvalue weighted by molar-refractivity contribution is 5.70. The second-order valence-electron chi connectivity index (χ2n) is 7.55. The molecule has 0 atom stereocenters. The van der Waals surface area contributed by atoms with E-state index < -0.39 is 0 Å². The summed E-state index contributed by atoms with van der Waals surface area (Å²) in [7, 11) is 0. The normalized spacial score (nSPS) is 10.7. The van der Waals surface area contributed by atoms with Gasteiger partial charge in [-0.3, -0.25) is 9.59 Å². The highest BCUT2D eigenvalue weighted by atomic mass is 16.5. The van der Waals surface area contributed by atoms with E-state index in [9.17, 15) is 9.59 Å². The molecule has 10 nitrogen and oxygen atoms in total. The van der Waals surface area contributed by atoms with Gasteiger partial charge < -0.3 is 18.5 Å². The molecule has 35 heavy (non-hydrogen) atoms. The molecule has 10 heteroatoms. The van der Waals surface area contributed by atoms with Crippen molar-refractivity contribution in [3.63, 3.8) is 0 Å². The van der Waals surface area contributed by atoms with Crippen molar-refractivity contribution in [3.05, 3.63) is 72.4 Å². The number of benzene rings is 2. The summed E-state index contributed by atoms with van der Waals surface area (Å²) in [6.07, 6.45) is 1.20. The van der Waals surface area contributed by atoms with Gasteiger partial charge in [0.1, 0.15) is 0 Å². The van der Waals surface area contributed by atoms with E-state index in [0.29, 0.717) is 29.9 Å². The summed E-state index contributed by atoms with van der Waals surface area (Å²) in [5.74, 6) is 0.916. The Kier molecular flexibility index (Phi) is 8.31. The minimum absolute atomic E-state index is 0.116. The Morgan fingerprint density at radius 3 is 1.51 bits per heavy atom. The van der Waals surface area contributed by atoms with Crippen LogP contribution in [-0.2, 0) is 31.9 Å². The third-order valence-electron chi connectivity index (χ3n) is 4.90. The van der Waals surface area contributed by atoms with Crippen LogP contribution in [0.4, 0.5) is 0 Å². The lowest BCUT2D eigenvalue weighted by Crippen LogP contribution is -2.11. The van der Waals surface area contributed by atoms with Crippen LogP contribution in [0.5, 0.6) is 0 Å². The molecule has 0 saturated carbocycles. The number of carbonyl (C=O) groups excluding carboxylic acids is 2. The molecule has 0 fully saturated rings. The van der Waals surface area contributed by atoms with Gasteiger partial charge in [0.15, 0.2) is 0 Å². The van der Waals surface area contributed by atoms with Gasteiger partial charge in [-0.2, -0.15) is 9.97 Å². The monoisotopic (exact) mass is 476 g/mol. The molecular weight excluding hydrogens is 452 g/mol. The van der Waals surface area contributed by atoms with Crippen LogP contribution in [0.2, 0.25) is 0 Å². The molecule has 4 rings (SSSR count). The standard InChI is InChI=1S/C25H24N4O6/c30-22(14-12-20-26-24(28-34-20)18-8-3-1-4-9-18)32-16-7-17-33-23(31)15-13-21-27-25(29-35-21)19-10-5-2-6-11-19/h1-6,8-11H,7,12-17H2. The molecule has 0 unspecified atom stereocenters. The summed E-state index contributed by atoms with van der Waals surface area (Å²) in [4.78, 5) is 32.4. The van der Waals surface area contributed by atoms with Gasteiger partial charge in [0.25, 0.3) is 0 Å². The van der Waals surface area contributed by atoms with Gasteiger partial charge in [-0.05, 0) is 0 Å². The van der Waals surface area contributed by atoms with E-state index in [4.69, 9.17) is 18.5 Å². The summed E-state index contributed by atoms with van der Waals surface area (Å²) in [5.41, 5.74) is 1.68. The highest BCUT2D eigenvalue weighted by Crippen LogP contribution is 2.16. The Bertz CT molecular complexity index is 1130. The van der Waals surface area contributed by atoms with Crippen LogP contribution in [0, 0.1) is 0 Å². The molecule has 180 valence electrons. The predicted octanol–water partition coefficient (Wildman–Crippen LogP) is 3.83. The van der Waals surface area contributed by atoms with Gasteiger partial charge >= 0.3 is 11.9 Å². The molecule has 4 aromatic rings. The number of aryl methyl sites for hydroxylation is 2. The highest BCUT2D eigenvalue weighted by Gasteiger charge is 2.13. The molecule has 0 spiro atoms. The first-order chi connectivity index (χ1) is 17.2. The second-order valence-corrected chi connectivity index (χ2v) is 7.55. The molecule has 0 bridgehead atoms. The average Bonchev–Trinajstić information content (AvgIpc) is 3.57. The van der Waals surface area contributed by atoms with E-state index >= 15 is 0 Å². The number of ether oxygens (including phenoxy) is 2. The zero-order valence-electron chi connectivity index (χ0n) is 19.0. The van der Waals surface area contributed by atoms with Crippen LogP contribution in [0.25, 0.3) is 22.8 Å². The SMILES string of the molecule is O=C(CCc1nc(-c2ccccc2)no1)OCCCOC(=O)CCc1nc(-c2ccccc2)no1. The Morgan fingerprint density at radius 1 is 0.657 bits per heavy atom. The number of hydrogen-bond donors (Lipinski definition) is 0. The molecule has 0 aliphatic rings. The van der Waals surface area contributed by atoms with Crippen LogP contribution in [0.1, 0.15) is 31.0 Å². The number of rotatable bonds is 12. The molecule has 2 aromatic heterocycles. The largest absolute Gasteiger partial charge is 0.466 e.